The lowest BCUT2D eigenvalue weighted by atomic mass is 10.0. The largest absolute Gasteiger partial charge is 0.481 e. The van der Waals surface area contributed by atoms with Crippen LogP contribution in [0.4, 0.5) is 5.82 Å². The fourth-order valence-corrected chi connectivity index (χ4v) is 5.72. The average molecular weight is 584 g/mol. The number of rotatable bonds is 10. The van der Waals surface area contributed by atoms with Crippen molar-refractivity contribution in [2.24, 2.45) is 16.1 Å². The molecule has 1 saturated heterocycles. The minimum atomic E-state index is -1.27. The van der Waals surface area contributed by atoms with Crippen molar-refractivity contribution in [3.63, 3.8) is 0 Å². The number of ether oxygens (including phenoxy) is 1. The lowest BCUT2D eigenvalue weighted by molar-refractivity contribution is -0.150. The number of carboxylic acids is 2. The number of hydrogen-bond donors (Lipinski definition) is 4. The lowest BCUT2D eigenvalue weighted by Gasteiger charge is -2.49. The number of carbonyl (C=O) groups is 4. The number of β-lactam (4-membered cyclic amide) rings is 1. The van der Waals surface area contributed by atoms with Crippen LogP contribution in [0.15, 0.2) is 63.7 Å². The van der Waals surface area contributed by atoms with E-state index in [-0.39, 0.29) is 48.6 Å². The van der Waals surface area contributed by atoms with Gasteiger partial charge in [0.1, 0.15) is 35.2 Å². The number of aliphatic carboxylic acids is 2. The van der Waals surface area contributed by atoms with Crippen molar-refractivity contribution in [2.45, 2.75) is 18.3 Å². The van der Waals surface area contributed by atoms with Gasteiger partial charge in [-0.25, -0.2) is 14.8 Å². The number of amides is 2. The van der Waals surface area contributed by atoms with Crippen LogP contribution in [0, 0.1) is 5.92 Å². The second kappa shape index (κ2) is 11.3. The van der Waals surface area contributed by atoms with Gasteiger partial charge in [-0.15, -0.1) is 11.8 Å². The van der Waals surface area contributed by atoms with E-state index in [0.717, 1.165) is 4.90 Å². The van der Waals surface area contributed by atoms with Gasteiger partial charge in [-0.3, -0.25) is 19.3 Å². The summed E-state index contributed by atoms with van der Waals surface area (Å²) in [7, 11) is 0. The number of amidine groups is 1. The van der Waals surface area contributed by atoms with Gasteiger partial charge in [0.2, 0.25) is 0 Å². The number of carbonyl (C=O) groups excluding carboxylic acids is 2. The molecule has 41 heavy (non-hydrogen) atoms. The van der Waals surface area contributed by atoms with E-state index in [1.165, 1.54) is 30.8 Å². The van der Waals surface area contributed by atoms with Crippen LogP contribution < -0.4 is 11.1 Å². The summed E-state index contributed by atoms with van der Waals surface area (Å²) in [6.07, 6.45) is 5.28. The van der Waals surface area contributed by atoms with Gasteiger partial charge in [0.05, 0.1) is 5.92 Å². The molecule has 5 rings (SSSR count). The summed E-state index contributed by atoms with van der Waals surface area (Å²) in [6.45, 7) is 1.45. The molecule has 0 spiro atoms. The molecular formula is C25H25N7O8S. The molecule has 0 radical (unpaired) electrons. The highest BCUT2D eigenvalue weighted by molar-refractivity contribution is 8.00. The monoisotopic (exact) mass is 583 g/mol. The Labute approximate surface area is 237 Å². The summed E-state index contributed by atoms with van der Waals surface area (Å²) in [5.74, 6) is -3.16. The number of fused-ring (bicyclic) bond motifs is 2. The molecule has 4 aliphatic heterocycles. The van der Waals surface area contributed by atoms with E-state index in [4.69, 9.17) is 20.4 Å². The number of nitrogens with one attached hydrogen (secondary N) is 1. The third kappa shape index (κ3) is 5.45. The fourth-order valence-electron chi connectivity index (χ4n) is 4.39. The predicted octanol–water partition coefficient (Wildman–Crippen LogP) is -0.0568. The molecule has 5 N–H and O–H groups in total. The maximum absolute atomic E-state index is 13.3. The number of oxime groups is 1. The molecule has 4 aliphatic rings. The molecule has 5 heterocycles. The van der Waals surface area contributed by atoms with Gasteiger partial charge in [-0.2, -0.15) is 0 Å². The molecule has 2 unspecified atom stereocenters. The number of carboxylic acid groups (broad SMARTS) is 2. The highest BCUT2D eigenvalue weighted by Crippen LogP contribution is 2.41. The predicted molar refractivity (Wildman–Crippen MR) is 145 cm³/mol. The van der Waals surface area contributed by atoms with Gasteiger partial charge < -0.3 is 35.7 Å². The summed E-state index contributed by atoms with van der Waals surface area (Å²) in [4.78, 5) is 66.3. The first kappa shape index (κ1) is 27.7. The van der Waals surface area contributed by atoms with Gasteiger partial charge in [0.15, 0.2) is 24.0 Å². The van der Waals surface area contributed by atoms with Crippen LogP contribution >= 0.6 is 11.8 Å². The molecule has 0 saturated carbocycles. The van der Waals surface area contributed by atoms with Crippen molar-refractivity contribution in [3.8, 4) is 0 Å². The molecule has 1 aromatic heterocycles. The van der Waals surface area contributed by atoms with Crippen LogP contribution in [0.1, 0.15) is 12.6 Å². The molecule has 0 aromatic carbocycles. The van der Waals surface area contributed by atoms with Crippen LogP contribution in [0.2, 0.25) is 0 Å². The van der Waals surface area contributed by atoms with Crippen molar-refractivity contribution >= 4 is 52.9 Å². The zero-order chi connectivity index (χ0) is 29.3. The average Bonchev–Trinajstić information content (AvgIpc) is 3.43. The third-order valence-electron chi connectivity index (χ3n) is 6.47. The van der Waals surface area contributed by atoms with Crippen molar-refractivity contribution in [3.05, 3.63) is 59.3 Å². The minimum Gasteiger partial charge on any atom is -0.481 e. The Balaban J connectivity index is 1.33. The van der Waals surface area contributed by atoms with Crippen molar-refractivity contribution < 1.29 is 39.0 Å². The standard InChI is InChI=1S/C25H25N7O8S/c1-12(24(35)36)9-40-30-17(14-4-2-6-16(26)28-14)21(33)29-18-22(34)32-19(25(37)38)13(10-41-23(18)32)8-31-7-3-5-15-20(31)27-11-39-15/h2-7,12,18,23H,8-11H2,1H3,(H2,26,28)(H,29,33)(H,35,36)(H,37,38)/b30-17-/t12?,18?,23-/m1/s1. The summed E-state index contributed by atoms with van der Waals surface area (Å²) in [5.41, 5.74) is 5.82. The molecule has 0 aliphatic carbocycles. The molecule has 0 bridgehead atoms. The van der Waals surface area contributed by atoms with Crippen LogP contribution in [0.25, 0.3) is 0 Å². The molecular weight excluding hydrogens is 558 g/mol. The van der Waals surface area contributed by atoms with Gasteiger partial charge in [-0.05, 0) is 36.8 Å². The summed E-state index contributed by atoms with van der Waals surface area (Å²) in [5, 5.41) is 24.8. The molecule has 1 aromatic rings. The third-order valence-corrected chi connectivity index (χ3v) is 7.81. The highest BCUT2D eigenvalue weighted by Gasteiger charge is 2.54. The number of hydrogen-bond acceptors (Lipinski definition) is 12. The number of nitrogens with two attached hydrogens (primary N) is 1. The van der Waals surface area contributed by atoms with E-state index < -0.39 is 41.1 Å². The number of pyridine rings is 1. The first-order valence-corrected chi connectivity index (χ1v) is 13.4. The van der Waals surface area contributed by atoms with E-state index >= 15 is 0 Å². The van der Waals surface area contributed by atoms with E-state index in [1.807, 2.05) is 0 Å². The molecule has 214 valence electrons. The summed E-state index contributed by atoms with van der Waals surface area (Å²) in [6, 6.07) is 3.44. The number of anilines is 1. The number of nitrogen functional groups attached to an aromatic ring is 1. The van der Waals surface area contributed by atoms with E-state index in [9.17, 15) is 24.3 Å². The molecule has 16 heteroatoms. The second-order valence-electron chi connectivity index (χ2n) is 9.30. The van der Waals surface area contributed by atoms with Crippen molar-refractivity contribution in [2.75, 3.05) is 31.4 Å². The topological polar surface area (TPSA) is 209 Å². The van der Waals surface area contributed by atoms with Gasteiger partial charge in [-0.1, -0.05) is 11.2 Å². The molecule has 2 amide bonds. The Morgan fingerprint density at radius 1 is 1.34 bits per heavy atom. The van der Waals surface area contributed by atoms with Gasteiger partial charge >= 0.3 is 11.9 Å². The Morgan fingerprint density at radius 2 is 2.15 bits per heavy atom. The van der Waals surface area contributed by atoms with E-state index in [1.54, 1.807) is 29.3 Å². The molecule has 1 fully saturated rings. The van der Waals surface area contributed by atoms with Crippen LogP contribution in [-0.2, 0) is 28.8 Å². The smallest absolute Gasteiger partial charge is 0.352 e. The Morgan fingerprint density at radius 3 is 2.88 bits per heavy atom. The lowest BCUT2D eigenvalue weighted by Crippen LogP contribution is -2.71. The zero-order valence-electron chi connectivity index (χ0n) is 21.6. The van der Waals surface area contributed by atoms with Crippen molar-refractivity contribution in [1.82, 2.24) is 20.1 Å². The normalized spacial score (nSPS) is 22.1. The highest BCUT2D eigenvalue weighted by atomic mass is 32.2. The van der Waals surface area contributed by atoms with E-state index in [2.05, 4.69) is 20.4 Å². The first-order valence-electron chi connectivity index (χ1n) is 12.3. The maximum Gasteiger partial charge on any atom is 0.352 e. The molecule has 3 atom stereocenters. The van der Waals surface area contributed by atoms with Crippen LogP contribution in [-0.4, -0.2) is 97.3 Å². The Bertz CT molecular complexity index is 1470. The number of thioether (sulfide) groups is 1. The number of aromatic nitrogens is 1. The number of aliphatic imine (C=N–C) groups is 1. The maximum atomic E-state index is 13.3. The number of allylic oxidation sites excluding steroid dienone is 2. The Hall–Kier alpha value is -4.86. The Kier molecular flexibility index (Phi) is 7.65. The SMILES string of the molecule is CC(CO/N=C(\C(=O)NC1C(=O)N2C(C(=O)O)=C(CN3C=CC=C4OCN=C43)CS[C@H]12)c1cccc(N)n1)C(=O)O. The van der Waals surface area contributed by atoms with Crippen LogP contribution in [0.3, 0.4) is 0 Å². The second-order valence-corrected chi connectivity index (χ2v) is 10.4. The van der Waals surface area contributed by atoms with Gasteiger partial charge in [0, 0.05) is 18.5 Å². The number of nitrogens with zero attached hydrogens (tertiary/aromatic N) is 5. The first-order chi connectivity index (χ1) is 19.7. The van der Waals surface area contributed by atoms with Gasteiger partial charge in [0.25, 0.3) is 11.8 Å². The summed E-state index contributed by atoms with van der Waals surface area (Å²) >= 11 is 1.31. The zero-order valence-corrected chi connectivity index (χ0v) is 22.4. The summed E-state index contributed by atoms with van der Waals surface area (Å²) < 4.78 is 5.44. The quantitative estimate of drug-likeness (QED) is 0.162. The molecule has 15 nitrogen and oxygen atoms in total. The fraction of sp³-hybridized carbons (Fsp3) is 0.320. The van der Waals surface area contributed by atoms with Crippen LogP contribution in [0.5, 0.6) is 0 Å². The van der Waals surface area contributed by atoms with Crippen molar-refractivity contribution in [1.29, 1.82) is 0 Å². The minimum absolute atomic E-state index is 0.0422. The van der Waals surface area contributed by atoms with E-state index in [0.29, 0.717) is 17.2 Å².